The van der Waals surface area contributed by atoms with E-state index in [0.29, 0.717) is 22.8 Å². The quantitative estimate of drug-likeness (QED) is 0.658. The number of para-hydroxylation sites is 2. The van der Waals surface area contributed by atoms with E-state index in [9.17, 15) is 0 Å². The van der Waals surface area contributed by atoms with Crippen molar-refractivity contribution in [1.82, 2.24) is 15.2 Å². The molecule has 0 atom stereocenters. The maximum atomic E-state index is 5.79. The van der Waals surface area contributed by atoms with Gasteiger partial charge in [-0.2, -0.15) is 0 Å². The van der Waals surface area contributed by atoms with E-state index >= 15 is 0 Å². The molecule has 0 radical (unpaired) electrons. The number of hydrogen-bond donors (Lipinski definition) is 0. The molecule has 1 fully saturated rings. The van der Waals surface area contributed by atoms with E-state index in [1.54, 1.807) is 0 Å². The van der Waals surface area contributed by atoms with E-state index in [2.05, 4.69) is 15.2 Å². The van der Waals surface area contributed by atoms with Gasteiger partial charge in [0, 0.05) is 5.92 Å². The first-order valence-corrected chi connectivity index (χ1v) is 8.68. The molecule has 0 amide bonds. The van der Waals surface area contributed by atoms with Crippen LogP contribution in [0.25, 0.3) is 11.1 Å². The average Bonchev–Trinajstić information content (AvgIpc) is 3.20. The van der Waals surface area contributed by atoms with Crippen molar-refractivity contribution in [3.05, 3.63) is 36.0 Å². The summed E-state index contributed by atoms with van der Waals surface area (Å²) in [7, 11) is 0. The summed E-state index contributed by atoms with van der Waals surface area (Å²) in [6.07, 6.45) is 6.18. The molecule has 3 aromatic rings. The van der Waals surface area contributed by atoms with Gasteiger partial charge in [0.25, 0.3) is 5.22 Å². The molecule has 1 aliphatic rings. The Morgan fingerprint density at radius 1 is 1.05 bits per heavy atom. The summed E-state index contributed by atoms with van der Waals surface area (Å²) in [5.74, 6) is 2.52. The molecule has 0 bridgehead atoms. The zero-order chi connectivity index (χ0) is 14.8. The Bertz CT molecular complexity index is 728. The van der Waals surface area contributed by atoms with Gasteiger partial charge in [0.15, 0.2) is 5.58 Å². The molecule has 2 heterocycles. The average molecular weight is 315 g/mol. The molecule has 0 unspecified atom stereocenters. The molecule has 1 aromatic carbocycles. The van der Waals surface area contributed by atoms with Gasteiger partial charge >= 0.3 is 0 Å². The molecule has 0 saturated heterocycles. The third-order valence-electron chi connectivity index (χ3n) is 4.03. The molecule has 1 aliphatic carbocycles. The number of thioether (sulfide) groups is 1. The molecular formula is C16H17N3O2S. The first-order valence-electron chi connectivity index (χ1n) is 7.69. The first kappa shape index (κ1) is 13.8. The lowest BCUT2D eigenvalue weighted by Gasteiger charge is -2.17. The minimum atomic E-state index is 0.444. The van der Waals surface area contributed by atoms with Crippen molar-refractivity contribution in [3.63, 3.8) is 0 Å². The Hall–Kier alpha value is -1.82. The molecule has 1 saturated carbocycles. The van der Waals surface area contributed by atoms with Crippen LogP contribution in [0.15, 0.2) is 38.3 Å². The molecule has 0 N–H and O–H groups in total. The van der Waals surface area contributed by atoms with E-state index in [4.69, 9.17) is 8.83 Å². The van der Waals surface area contributed by atoms with Crippen molar-refractivity contribution < 1.29 is 8.83 Å². The van der Waals surface area contributed by atoms with Gasteiger partial charge in [-0.3, -0.25) is 0 Å². The maximum Gasteiger partial charge on any atom is 0.277 e. The van der Waals surface area contributed by atoms with Crippen LogP contribution in [0, 0.1) is 0 Å². The van der Waals surface area contributed by atoms with Gasteiger partial charge in [-0.15, -0.1) is 10.2 Å². The second-order valence-corrected chi connectivity index (χ2v) is 6.53. The van der Waals surface area contributed by atoms with Gasteiger partial charge in [0.05, 0.1) is 5.75 Å². The Kier molecular flexibility index (Phi) is 3.84. The van der Waals surface area contributed by atoms with Crippen molar-refractivity contribution in [3.8, 4) is 0 Å². The van der Waals surface area contributed by atoms with Gasteiger partial charge < -0.3 is 8.83 Å². The summed E-state index contributed by atoms with van der Waals surface area (Å²) in [4.78, 5) is 4.45. The number of fused-ring (bicyclic) bond motifs is 1. The molecule has 5 nitrogen and oxygen atoms in total. The highest BCUT2D eigenvalue weighted by Gasteiger charge is 2.21. The van der Waals surface area contributed by atoms with Crippen LogP contribution in [0.5, 0.6) is 0 Å². The summed E-state index contributed by atoms with van der Waals surface area (Å²) in [5, 5.41) is 8.94. The van der Waals surface area contributed by atoms with Crippen LogP contribution in [0.1, 0.15) is 49.8 Å². The van der Waals surface area contributed by atoms with Crippen LogP contribution >= 0.6 is 11.8 Å². The first-order chi connectivity index (χ1) is 10.9. The molecule has 0 aliphatic heterocycles. The van der Waals surface area contributed by atoms with Gasteiger partial charge in [0.2, 0.25) is 11.8 Å². The summed E-state index contributed by atoms with van der Waals surface area (Å²) >= 11 is 1.48. The van der Waals surface area contributed by atoms with Gasteiger partial charge in [-0.25, -0.2) is 4.98 Å². The summed E-state index contributed by atoms with van der Waals surface area (Å²) < 4.78 is 11.5. The van der Waals surface area contributed by atoms with Crippen molar-refractivity contribution in [2.45, 2.75) is 49.0 Å². The summed E-state index contributed by atoms with van der Waals surface area (Å²) in [5.41, 5.74) is 1.69. The van der Waals surface area contributed by atoms with Crippen molar-refractivity contribution in [2.24, 2.45) is 0 Å². The van der Waals surface area contributed by atoms with Crippen molar-refractivity contribution in [2.75, 3.05) is 0 Å². The minimum Gasteiger partial charge on any atom is -0.440 e. The van der Waals surface area contributed by atoms with E-state index in [1.807, 2.05) is 24.3 Å². The zero-order valence-electron chi connectivity index (χ0n) is 12.2. The van der Waals surface area contributed by atoms with Crippen molar-refractivity contribution in [1.29, 1.82) is 0 Å². The smallest absolute Gasteiger partial charge is 0.277 e. The number of hydrogen-bond acceptors (Lipinski definition) is 6. The predicted molar refractivity (Wildman–Crippen MR) is 83.7 cm³/mol. The van der Waals surface area contributed by atoms with Crippen molar-refractivity contribution >= 4 is 22.9 Å². The van der Waals surface area contributed by atoms with Crippen LogP contribution in [-0.2, 0) is 5.75 Å². The molecule has 114 valence electrons. The monoisotopic (exact) mass is 315 g/mol. The highest BCUT2D eigenvalue weighted by Crippen LogP contribution is 2.33. The number of benzene rings is 1. The van der Waals surface area contributed by atoms with Crippen LogP contribution < -0.4 is 0 Å². The van der Waals surface area contributed by atoms with E-state index in [1.165, 1.54) is 31.0 Å². The third-order valence-corrected chi connectivity index (χ3v) is 4.84. The van der Waals surface area contributed by atoms with Gasteiger partial charge in [-0.1, -0.05) is 43.2 Å². The fraction of sp³-hybridized carbons (Fsp3) is 0.438. The lowest BCUT2D eigenvalue weighted by Crippen LogP contribution is -2.04. The molecule has 22 heavy (non-hydrogen) atoms. The molecule has 6 heteroatoms. The maximum absolute atomic E-state index is 5.79. The SMILES string of the molecule is c1ccc2oc(CSc3nnc(C4CCCCC4)o3)nc2c1. The molecular weight excluding hydrogens is 298 g/mol. The Balaban J connectivity index is 1.42. The summed E-state index contributed by atoms with van der Waals surface area (Å²) in [6, 6.07) is 7.76. The lowest BCUT2D eigenvalue weighted by atomic mass is 9.89. The number of oxazole rings is 1. The second kappa shape index (κ2) is 6.12. The Labute approximate surface area is 132 Å². The zero-order valence-corrected chi connectivity index (χ0v) is 13.0. The fourth-order valence-electron chi connectivity index (χ4n) is 2.90. The minimum absolute atomic E-state index is 0.444. The Morgan fingerprint density at radius 3 is 2.77 bits per heavy atom. The number of nitrogens with zero attached hydrogens (tertiary/aromatic N) is 3. The van der Waals surface area contributed by atoms with Gasteiger partial charge in [-0.05, 0) is 25.0 Å². The number of aromatic nitrogens is 3. The largest absolute Gasteiger partial charge is 0.440 e. The van der Waals surface area contributed by atoms with E-state index in [0.717, 1.165) is 29.8 Å². The number of rotatable bonds is 4. The van der Waals surface area contributed by atoms with Crippen LogP contribution in [0.4, 0.5) is 0 Å². The predicted octanol–water partition coefficient (Wildman–Crippen LogP) is 4.55. The second-order valence-electron chi connectivity index (χ2n) is 5.61. The molecule has 0 spiro atoms. The third kappa shape index (κ3) is 2.88. The van der Waals surface area contributed by atoms with Crippen LogP contribution in [0.3, 0.4) is 0 Å². The molecule has 2 aromatic heterocycles. The fourth-order valence-corrected chi connectivity index (χ4v) is 3.51. The van der Waals surface area contributed by atoms with E-state index in [-0.39, 0.29) is 0 Å². The highest BCUT2D eigenvalue weighted by molar-refractivity contribution is 7.98. The topological polar surface area (TPSA) is 65.0 Å². The normalized spacial score (nSPS) is 16.4. The summed E-state index contributed by atoms with van der Waals surface area (Å²) in [6.45, 7) is 0. The van der Waals surface area contributed by atoms with Gasteiger partial charge in [0.1, 0.15) is 5.52 Å². The standard InChI is InChI=1S/C16H17N3O2S/c1-2-6-11(7-3-1)15-18-19-16(21-15)22-10-14-17-12-8-4-5-9-13(12)20-14/h4-5,8-9,11H,1-3,6-7,10H2. The van der Waals surface area contributed by atoms with Crippen LogP contribution in [0.2, 0.25) is 0 Å². The van der Waals surface area contributed by atoms with E-state index < -0.39 is 0 Å². The molecule has 4 rings (SSSR count). The van der Waals surface area contributed by atoms with Crippen LogP contribution in [-0.4, -0.2) is 15.2 Å². The Morgan fingerprint density at radius 2 is 1.91 bits per heavy atom. The lowest BCUT2D eigenvalue weighted by molar-refractivity contribution is 0.334. The highest BCUT2D eigenvalue weighted by atomic mass is 32.2.